The summed E-state index contributed by atoms with van der Waals surface area (Å²) in [7, 11) is 0. The first-order valence-corrected chi connectivity index (χ1v) is 6.97. The Bertz CT molecular complexity index is 744. The number of hydrogen-bond donors (Lipinski definition) is 0. The van der Waals surface area contributed by atoms with E-state index in [0.717, 1.165) is 23.2 Å². The smallest absolute Gasteiger partial charge is 0.164 e. The zero-order chi connectivity index (χ0) is 14.5. The van der Waals surface area contributed by atoms with Crippen molar-refractivity contribution in [1.82, 2.24) is 20.2 Å². The van der Waals surface area contributed by atoms with Crippen LogP contribution in [0.2, 0.25) is 0 Å². The Labute approximate surface area is 123 Å². The summed E-state index contributed by atoms with van der Waals surface area (Å²) in [5.41, 5.74) is 3.24. The lowest BCUT2D eigenvalue weighted by Gasteiger charge is -2.01. The van der Waals surface area contributed by atoms with Crippen molar-refractivity contribution in [2.24, 2.45) is 0 Å². The van der Waals surface area contributed by atoms with Gasteiger partial charge in [-0.05, 0) is 23.3 Å². The molecule has 0 aliphatic carbocycles. The number of rotatable bonds is 4. The fraction of sp³-hybridized carbons (Fsp3) is 0.118. The lowest BCUT2D eigenvalue weighted by molar-refractivity contribution is 0.553. The molecule has 0 aliphatic rings. The average molecular weight is 276 g/mol. The van der Waals surface area contributed by atoms with Gasteiger partial charge in [-0.25, -0.2) is 0 Å². The molecule has 0 saturated heterocycles. The Morgan fingerprint density at radius 2 is 1.71 bits per heavy atom. The Balaban J connectivity index is 1.94. The Morgan fingerprint density at radius 3 is 2.48 bits per heavy atom. The van der Waals surface area contributed by atoms with Gasteiger partial charge in [-0.15, -0.1) is 10.2 Å². The minimum Gasteiger partial charge on any atom is -0.164 e. The molecule has 2 aromatic carbocycles. The van der Waals surface area contributed by atoms with E-state index in [9.17, 15) is 0 Å². The van der Waals surface area contributed by atoms with E-state index in [0.29, 0.717) is 5.82 Å². The third-order valence-electron chi connectivity index (χ3n) is 3.19. The first kappa shape index (κ1) is 13.2. The molecule has 4 heteroatoms. The van der Waals surface area contributed by atoms with Gasteiger partial charge < -0.3 is 0 Å². The fourth-order valence-electron chi connectivity index (χ4n) is 2.08. The quantitative estimate of drug-likeness (QED) is 0.685. The van der Waals surface area contributed by atoms with Crippen molar-refractivity contribution >= 4 is 12.2 Å². The first-order chi connectivity index (χ1) is 10.4. The Hall–Kier alpha value is -2.75. The molecule has 0 fully saturated rings. The van der Waals surface area contributed by atoms with Crippen LogP contribution in [0.5, 0.6) is 0 Å². The van der Waals surface area contributed by atoms with E-state index in [1.165, 1.54) is 0 Å². The van der Waals surface area contributed by atoms with E-state index in [1.807, 2.05) is 43.3 Å². The summed E-state index contributed by atoms with van der Waals surface area (Å²) in [4.78, 5) is 1.59. The van der Waals surface area contributed by atoms with Crippen molar-refractivity contribution < 1.29 is 0 Å². The Morgan fingerprint density at radius 1 is 0.952 bits per heavy atom. The van der Waals surface area contributed by atoms with Gasteiger partial charge in [0.25, 0.3) is 0 Å². The second-order valence-corrected chi connectivity index (χ2v) is 4.63. The van der Waals surface area contributed by atoms with Gasteiger partial charge in [-0.3, -0.25) is 0 Å². The predicted molar refractivity (Wildman–Crippen MR) is 84.3 cm³/mol. The van der Waals surface area contributed by atoms with Gasteiger partial charge in [0.1, 0.15) is 0 Å². The molecule has 0 saturated carbocycles. The lowest BCUT2D eigenvalue weighted by Crippen LogP contribution is -1.98. The minimum absolute atomic E-state index is 0.658. The molecule has 0 unspecified atom stereocenters. The number of nitrogens with zero attached hydrogens (tertiary/aromatic N) is 4. The summed E-state index contributed by atoms with van der Waals surface area (Å²) >= 11 is 0. The van der Waals surface area contributed by atoms with Crippen LogP contribution in [-0.4, -0.2) is 20.2 Å². The molecule has 3 rings (SSSR count). The van der Waals surface area contributed by atoms with E-state index in [-0.39, 0.29) is 0 Å². The molecule has 0 radical (unpaired) electrons. The van der Waals surface area contributed by atoms with Crippen LogP contribution in [0.15, 0.2) is 54.6 Å². The van der Waals surface area contributed by atoms with Gasteiger partial charge in [0.05, 0.1) is 6.54 Å². The maximum Gasteiger partial charge on any atom is 0.205 e. The Kier molecular flexibility index (Phi) is 3.87. The van der Waals surface area contributed by atoms with Gasteiger partial charge in [-0.2, -0.15) is 4.80 Å². The number of hydrogen-bond acceptors (Lipinski definition) is 3. The summed E-state index contributed by atoms with van der Waals surface area (Å²) in [5, 5.41) is 12.5. The topological polar surface area (TPSA) is 43.6 Å². The predicted octanol–water partition coefficient (Wildman–Crippen LogP) is 3.53. The van der Waals surface area contributed by atoms with Crippen molar-refractivity contribution in [2.75, 3.05) is 0 Å². The van der Waals surface area contributed by atoms with E-state index in [4.69, 9.17) is 0 Å². The maximum absolute atomic E-state index is 4.38. The average Bonchev–Trinajstić information content (AvgIpc) is 3.03. The van der Waals surface area contributed by atoms with Crippen LogP contribution in [0.1, 0.15) is 18.1 Å². The highest BCUT2D eigenvalue weighted by Crippen LogP contribution is 2.21. The minimum atomic E-state index is 0.658. The lowest BCUT2D eigenvalue weighted by atomic mass is 10.1. The molecule has 3 aromatic rings. The molecule has 21 heavy (non-hydrogen) atoms. The number of aryl methyl sites for hydroxylation is 1. The third-order valence-corrected chi connectivity index (χ3v) is 3.19. The van der Waals surface area contributed by atoms with Gasteiger partial charge in [0, 0.05) is 5.56 Å². The molecule has 1 aromatic heterocycles. The standard InChI is InChI=1S/C17H16N4/c1-2-21-19-17(18-20-21)16-11-7-6-10-15(16)13-12-14-8-4-3-5-9-14/h3-13H,2H2,1H3/b13-12+. The zero-order valence-corrected chi connectivity index (χ0v) is 11.8. The van der Waals surface area contributed by atoms with Gasteiger partial charge in [0.15, 0.2) is 0 Å². The molecule has 0 spiro atoms. The first-order valence-electron chi connectivity index (χ1n) is 6.97. The second kappa shape index (κ2) is 6.13. The molecule has 0 N–H and O–H groups in total. The molecule has 0 bridgehead atoms. The maximum atomic E-state index is 4.38. The summed E-state index contributed by atoms with van der Waals surface area (Å²) < 4.78 is 0. The largest absolute Gasteiger partial charge is 0.205 e. The van der Waals surface area contributed by atoms with Gasteiger partial charge in [0.2, 0.25) is 5.82 Å². The van der Waals surface area contributed by atoms with Gasteiger partial charge in [-0.1, -0.05) is 66.7 Å². The van der Waals surface area contributed by atoms with Crippen LogP contribution in [-0.2, 0) is 6.54 Å². The summed E-state index contributed by atoms with van der Waals surface area (Å²) in [6.07, 6.45) is 4.17. The van der Waals surface area contributed by atoms with Crippen molar-refractivity contribution in [3.63, 3.8) is 0 Å². The van der Waals surface area contributed by atoms with Crippen molar-refractivity contribution in [3.8, 4) is 11.4 Å². The second-order valence-electron chi connectivity index (χ2n) is 4.63. The van der Waals surface area contributed by atoms with Crippen LogP contribution in [0.4, 0.5) is 0 Å². The number of tetrazole rings is 1. The summed E-state index contributed by atoms with van der Waals surface area (Å²) in [6.45, 7) is 2.71. The highest BCUT2D eigenvalue weighted by atomic mass is 15.6. The highest BCUT2D eigenvalue weighted by molar-refractivity contribution is 5.78. The zero-order valence-electron chi connectivity index (χ0n) is 11.8. The third kappa shape index (κ3) is 3.05. The van der Waals surface area contributed by atoms with Crippen LogP contribution >= 0.6 is 0 Å². The van der Waals surface area contributed by atoms with Gasteiger partial charge >= 0.3 is 0 Å². The summed E-state index contributed by atoms with van der Waals surface area (Å²) in [5.74, 6) is 0.658. The molecule has 0 aliphatic heterocycles. The monoisotopic (exact) mass is 276 g/mol. The van der Waals surface area contributed by atoms with Crippen LogP contribution in [0, 0.1) is 0 Å². The van der Waals surface area contributed by atoms with Crippen LogP contribution in [0.25, 0.3) is 23.5 Å². The number of aromatic nitrogens is 4. The van der Waals surface area contributed by atoms with Crippen molar-refractivity contribution in [3.05, 3.63) is 65.7 Å². The molecule has 0 amide bonds. The molecule has 0 atom stereocenters. The summed E-state index contributed by atoms with van der Waals surface area (Å²) in [6, 6.07) is 18.3. The van der Waals surface area contributed by atoms with E-state index in [2.05, 4.69) is 45.8 Å². The molecular formula is C17H16N4. The SMILES string of the molecule is CCn1nnc(-c2ccccc2/C=C/c2ccccc2)n1. The van der Waals surface area contributed by atoms with E-state index in [1.54, 1.807) is 4.80 Å². The van der Waals surface area contributed by atoms with Crippen molar-refractivity contribution in [2.45, 2.75) is 13.5 Å². The van der Waals surface area contributed by atoms with E-state index >= 15 is 0 Å². The molecule has 1 heterocycles. The molecule has 4 nitrogen and oxygen atoms in total. The number of benzene rings is 2. The van der Waals surface area contributed by atoms with Crippen molar-refractivity contribution in [1.29, 1.82) is 0 Å². The molecule has 104 valence electrons. The van der Waals surface area contributed by atoms with E-state index < -0.39 is 0 Å². The van der Waals surface area contributed by atoms with Crippen LogP contribution < -0.4 is 0 Å². The fourth-order valence-corrected chi connectivity index (χ4v) is 2.08. The van der Waals surface area contributed by atoms with Crippen LogP contribution in [0.3, 0.4) is 0 Å². The normalized spacial score (nSPS) is 11.1. The highest BCUT2D eigenvalue weighted by Gasteiger charge is 2.08. The molecular weight excluding hydrogens is 260 g/mol.